The van der Waals surface area contributed by atoms with Crippen LogP contribution in [0.3, 0.4) is 0 Å². The van der Waals surface area contributed by atoms with Crippen molar-refractivity contribution in [1.29, 1.82) is 0 Å². The van der Waals surface area contributed by atoms with Gasteiger partial charge in [0.15, 0.2) is 0 Å². The van der Waals surface area contributed by atoms with Crippen molar-refractivity contribution in [3.8, 4) is 5.75 Å². The van der Waals surface area contributed by atoms with Gasteiger partial charge in [0.1, 0.15) is 11.6 Å². The molecule has 0 radical (unpaired) electrons. The SMILES string of the molecule is COc1cccc(F)c1C(O)CCC[C@@H](C)[C@H]1CC[C@H]2[C@H]3[C@H](CC[C@]12C)[C@@]1(C)CC[C@H](O)[C@H](O)[C@@H]1CC3(F)F. The van der Waals surface area contributed by atoms with Crippen molar-refractivity contribution < 1.29 is 33.2 Å². The number of fused-ring (bicyclic) bond motifs is 5. The second kappa shape index (κ2) is 10.5. The van der Waals surface area contributed by atoms with Gasteiger partial charge in [0.25, 0.3) is 5.92 Å². The Morgan fingerprint density at radius 2 is 1.67 bits per heavy atom. The minimum absolute atomic E-state index is 0.0475. The van der Waals surface area contributed by atoms with Gasteiger partial charge in [-0.2, -0.15) is 0 Å². The van der Waals surface area contributed by atoms with Crippen LogP contribution in [0.4, 0.5) is 13.2 Å². The summed E-state index contributed by atoms with van der Waals surface area (Å²) in [6, 6.07) is 4.55. The molecule has 1 unspecified atom stereocenters. The lowest BCUT2D eigenvalue weighted by atomic mass is 9.43. The summed E-state index contributed by atoms with van der Waals surface area (Å²) in [5, 5.41) is 31.7. The first-order chi connectivity index (χ1) is 18.3. The van der Waals surface area contributed by atoms with E-state index in [2.05, 4.69) is 20.8 Å². The number of hydrogen-bond acceptors (Lipinski definition) is 4. The third-order valence-corrected chi connectivity index (χ3v) is 12.2. The fourth-order valence-corrected chi connectivity index (χ4v) is 10.2. The number of halogens is 3. The standard InChI is InChI=1S/C32H47F3O4/c1-18(7-5-9-24(36)27-23(33)8-6-10-26(27)39-4)19-11-12-20-28-21(13-15-30(19,20)2)31(3)16-14-25(37)29(38)22(31)17-32(28,34)35/h6,8,10,18-22,24-25,28-29,36-38H,5,7,9,11-17H2,1-4H3/t18-,19-,20+,21+,22+,24?,25+,28+,29-,30-,31-/m1/s1. The van der Waals surface area contributed by atoms with Crippen LogP contribution < -0.4 is 4.74 Å². The Kier molecular flexibility index (Phi) is 7.87. The zero-order valence-electron chi connectivity index (χ0n) is 23.9. The predicted molar refractivity (Wildman–Crippen MR) is 144 cm³/mol. The largest absolute Gasteiger partial charge is 0.496 e. The number of benzene rings is 1. The number of ether oxygens (including phenoxy) is 1. The highest BCUT2D eigenvalue weighted by Gasteiger charge is 2.69. The van der Waals surface area contributed by atoms with E-state index in [1.807, 2.05) is 0 Å². The topological polar surface area (TPSA) is 69.9 Å². The summed E-state index contributed by atoms with van der Waals surface area (Å²) in [4.78, 5) is 0. The Balaban J connectivity index is 1.27. The maximum absolute atomic E-state index is 16.0. The summed E-state index contributed by atoms with van der Waals surface area (Å²) in [5.41, 5.74) is -0.321. The molecule has 3 N–H and O–H groups in total. The van der Waals surface area contributed by atoms with Crippen LogP contribution in [-0.2, 0) is 0 Å². The molecule has 4 saturated carbocycles. The second-order valence-corrected chi connectivity index (χ2v) is 13.9. The molecule has 220 valence electrons. The maximum Gasteiger partial charge on any atom is 0.251 e. The number of aliphatic hydroxyl groups is 3. The minimum Gasteiger partial charge on any atom is -0.496 e. The predicted octanol–water partition coefficient (Wildman–Crippen LogP) is 6.91. The average molecular weight is 553 g/mol. The Hall–Kier alpha value is -1.31. The van der Waals surface area contributed by atoms with Crippen molar-refractivity contribution in [3.05, 3.63) is 29.6 Å². The van der Waals surface area contributed by atoms with E-state index in [1.54, 1.807) is 12.1 Å². The molecule has 0 heterocycles. The number of methoxy groups -OCH3 is 1. The zero-order valence-corrected chi connectivity index (χ0v) is 23.9. The van der Waals surface area contributed by atoms with E-state index in [0.29, 0.717) is 36.8 Å². The van der Waals surface area contributed by atoms with Crippen molar-refractivity contribution in [3.63, 3.8) is 0 Å². The zero-order chi connectivity index (χ0) is 28.3. The van der Waals surface area contributed by atoms with Crippen molar-refractivity contribution in [2.45, 2.75) is 109 Å². The normalized spacial score (nSPS) is 42.7. The molecule has 0 aromatic heterocycles. The molecule has 39 heavy (non-hydrogen) atoms. The molecule has 4 aliphatic carbocycles. The number of hydrogen-bond donors (Lipinski definition) is 3. The molecule has 4 nitrogen and oxygen atoms in total. The lowest BCUT2D eigenvalue weighted by Gasteiger charge is -2.63. The molecule has 4 aliphatic rings. The fraction of sp³-hybridized carbons (Fsp3) is 0.812. The van der Waals surface area contributed by atoms with Crippen molar-refractivity contribution in [2.75, 3.05) is 7.11 Å². The molecule has 5 rings (SSSR count). The van der Waals surface area contributed by atoms with Crippen LogP contribution in [0.1, 0.15) is 96.6 Å². The smallest absolute Gasteiger partial charge is 0.251 e. The molecule has 0 aliphatic heterocycles. The summed E-state index contributed by atoms with van der Waals surface area (Å²) in [7, 11) is 1.47. The van der Waals surface area contributed by atoms with Crippen molar-refractivity contribution >= 4 is 0 Å². The van der Waals surface area contributed by atoms with Crippen LogP contribution in [0, 0.1) is 52.2 Å². The summed E-state index contributed by atoms with van der Waals surface area (Å²) in [6.07, 6.45) is 3.34. The Bertz CT molecular complexity index is 1030. The first-order valence-electron chi connectivity index (χ1n) is 15.1. The number of aliphatic hydroxyl groups excluding tert-OH is 3. The first-order valence-corrected chi connectivity index (χ1v) is 15.1. The molecule has 0 bridgehead atoms. The van der Waals surface area contributed by atoms with E-state index in [1.165, 1.54) is 13.2 Å². The number of rotatable bonds is 7. The summed E-state index contributed by atoms with van der Waals surface area (Å²) in [6.45, 7) is 6.56. The van der Waals surface area contributed by atoms with Gasteiger partial charge in [-0.1, -0.05) is 39.7 Å². The van der Waals surface area contributed by atoms with E-state index in [9.17, 15) is 19.7 Å². The van der Waals surface area contributed by atoms with Gasteiger partial charge in [-0.15, -0.1) is 0 Å². The summed E-state index contributed by atoms with van der Waals surface area (Å²) >= 11 is 0. The van der Waals surface area contributed by atoms with Crippen LogP contribution in [0.5, 0.6) is 5.75 Å². The molecule has 4 fully saturated rings. The first kappa shape index (κ1) is 29.2. The lowest BCUT2D eigenvalue weighted by Crippen LogP contribution is -2.64. The lowest BCUT2D eigenvalue weighted by molar-refractivity contribution is -0.258. The second-order valence-electron chi connectivity index (χ2n) is 13.9. The van der Waals surface area contributed by atoms with E-state index < -0.39 is 41.9 Å². The molecule has 0 spiro atoms. The summed E-state index contributed by atoms with van der Waals surface area (Å²) < 4.78 is 51.7. The van der Waals surface area contributed by atoms with Gasteiger partial charge >= 0.3 is 0 Å². The summed E-state index contributed by atoms with van der Waals surface area (Å²) in [5.74, 6) is -3.72. The molecular formula is C32H47F3O4. The monoisotopic (exact) mass is 552 g/mol. The van der Waals surface area contributed by atoms with Gasteiger partial charge in [0, 0.05) is 12.3 Å². The molecule has 0 amide bonds. The Morgan fingerprint density at radius 1 is 0.974 bits per heavy atom. The van der Waals surface area contributed by atoms with E-state index in [0.717, 1.165) is 38.5 Å². The Morgan fingerprint density at radius 3 is 2.38 bits per heavy atom. The van der Waals surface area contributed by atoms with Crippen LogP contribution in [0.2, 0.25) is 0 Å². The quantitative estimate of drug-likeness (QED) is 0.344. The van der Waals surface area contributed by atoms with Gasteiger partial charge < -0.3 is 20.1 Å². The van der Waals surface area contributed by atoms with Crippen LogP contribution >= 0.6 is 0 Å². The van der Waals surface area contributed by atoms with Crippen molar-refractivity contribution in [2.24, 2.45) is 46.3 Å². The van der Waals surface area contributed by atoms with Crippen molar-refractivity contribution in [1.82, 2.24) is 0 Å². The van der Waals surface area contributed by atoms with Crippen LogP contribution in [0.25, 0.3) is 0 Å². The Labute approximate surface area is 231 Å². The highest BCUT2D eigenvalue weighted by molar-refractivity contribution is 5.36. The van der Waals surface area contributed by atoms with Crippen LogP contribution in [0.15, 0.2) is 18.2 Å². The molecule has 0 saturated heterocycles. The van der Waals surface area contributed by atoms with E-state index in [4.69, 9.17) is 4.74 Å². The van der Waals surface area contributed by atoms with Crippen LogP contribution in [-0.4, -0.2) is 40.6 Å². The highest BCUT2D eigenvalue weighted by atomic mass is 19.3. The molecule has 1 aromatic carbocycles. The number of alkyl halides is 2. The van der Waals surface area contributed by atoms with E-state index >= 15 is 8.78 Å². The molecule has 7 heteroatoms. The van der Waals surface area contributed by atoms with Gasteiger partial charge in [0.05, 0.1) is 31.0 Å². The molecule has 1 aromatic rings. The third-order valence-electron chi connectivity index (χ3n) is 12.2. The van der Waals surface area contributed by atoms with Gasteiger partial charge in [-0.05, 0) is 97.5 Å². The van der Waals surface area contributed by atoms with Gasteiger partial charge in [-0.25, -0.2) is 13.2 Å². The highest BCUT2D eigenvalue weighted by Crippen LogP contribution is 2.71. The van der Waals surface area contributed by atoms with Gasteiger partial charge in [0.2, 0.25) is 0 Å². The maximum atomic E-state index is 16.0. The minimum atomic E-state index is -2.85. The third kappa shape index (κ3) is 4.72. The van der Waals surface area contributed by atoms with E-state index in [-0.39, 0.29) is 34.7 Å². The van der Waals surface area contributed by atoms with Gasteiger partial charge in [-0.3, -0.25) is 0 Å². The molecular weight excluding hydrogens is 505 g/mol. The molecule has 11 atom stereocenters. The fourth-order valence-electron chi connectivity index (χ4n) is 10.2. The average Bonchev–Trinajstić information content (AvgIpc) is 3.24.